The van der Waals surface area contributed by atoms with E-state index in [1.807, 2.05) is 12.1 Å². The molecule has 0 radical (unpaired) electrons. The number of rotatable bonds is 6. The number of methoxy groups -OCH3 is 2. The van der Waals surface area contributed by atoms with Gasteiger partial charge in [-0.1, -0.05) is 0 Å². The Bertz CT molecular complexity index is 724. The van der Waals surface area contributed by atoms with E-state index in [-0.39, 0.29) is 23.7 Å². The van der Waals surface area contributed by atoms with Gasteiger partial charge in [-0.05, 0) is 30.2 Å². The van der Waals surface area contributed by atoms with Gasteiger partial charge in [0.2, 0.25) is 11.8 Å². The molecular formula is C18H21N3O4. The number of carbonyl (C=O) groups is 1. The molecule has 2 aromatic rings. The van der Waals surface area contributed by atoms with Crippen LogP contribution in [0, 0.1) is 5.92 Å². The molecule has 3 rings (SSSR count). The number of carbonyl (C=O) groups excluding carboxylic acids is 1. The molecule has 7 heteroatoms. The Kier molecular flexibility index (Phi) is 5.45. The Hall–Kier alpha value is -2.67. The van der Waals surface area contributed by atoms with E-state index in [1.54, 1.807) is 24.5 Å². The van der Waals surface area contributed by atoms with E-state index in [0.29, 0.717) is 24.7 Å². The largest absolute Gasteiger partial charge is 0.481 e. The van der Waals surface area contributed by atoms with Crippen molar-refractivity contribution in [3.8, 4) is 11.8 Å². The van der Waals surface area contributed by atoms with Crippen molar-refractivity contribution in [2.75, 3.05) is 27.4 Å². The number of nitrogens with one attached hydrogen (secondary N) is 1. The van der Waals surface area contributed by atoms with Gasteiger partial charge in [0.25, 0.3) is 5.91 Å². The van der Waals surface area contributed by atoms with Crippen LogP contribution in [0.5, 0.6) is 11.8 Å². The number of pyridine rings is 2. The van der Waals surface area contributed by atoms with Gasteiger partial charge in [0.15, 0.2) is 0 Å². The van der Waals surface area contributed by atoms with Crippen LogP contribution in [0.4, 0.5) is 0 Å². The van der Waals surface area contributed by atoms with E-state index in [2.05, 4.69) is 15.3 Å². The fourth-order valence-corrected chi connectivity index (χ4v) is 2.89. The fourth-order valence-electron chi connectivity index (χ4n) is 2.89. The number of hydrogen-bond donors (Lipinski definition) is 1. The number of aromatic nitrogens is 2. The Labute approximate surface area is 146 Å². The van der Waals surface area contributed by atoms with Gasteiger partial charge >= 0.3 is 0 Å². The first kappa shape index (κ1) is 17.2. The highest BCUT2D eigenvalue weighted by Crippen LogP contribution is 2.22. The van der Waals surface area contributed by atoms with Crippen LogP contribution < -0.4 is 14.8 Å². The molecule has 132 valence electrons. The van der Waals surface area contributed by atoms with E-state index >= 15 is 0 Å². The highest BCUT2D eigenvalue weighted by atomic mass is 16.5. The zero-order chi connectivity index (χ0) is 17.6. The summed E-state index contributed by atoms with van der Waals surface area (Å²) in [6.45, 7) is 1.11. The second kappa shape index (κ2) is 7.94. The van der Waals surface area contributed by atoms with Crippen molar-refractivity contribution in [2.45, 2.75) is 12.5 Å². The van der Waals surface area contributed by atoms with Crippen LogP contribution in [0.2, 0.25) is 0 Å². The number of nitrogens with zero attached hydrogens (tertiary/aromatic N) is 2. The van der Waals surface area contributed by atoms with Crippen molar-refractivity contribution in [2.24, 2.45) is 5.92 Å². The summed E-state index contributed by atoms with van der Waals surface area (Å²) in [4.78, 5) is 20.8. The van der Waals surface area contributed by atoms with Gasteiger partial charge in [-0.15, -0.1) is 0 Å². The molecule has 0 aliphatic carbocycles. The molecule has 0 bridgehead atoms. The van der Waals surface area contributed by atoms with Crippen LogP contribution >= 0.6 is 0 Å². The molecule has 1 aliphatic heterocycles. The number of ether oxygens (including phenoxy) is 3. The summed E-state index contributed by atoms with van der Waals surface area (Å²) in [5.74, 6) is 0.611. The minimum Gasteiger partial charge on any atom is -0.481 e. The van der Waals surface area contributed by atoms with Crippen molar-refractivity contribution >= 4 is 5.91 Å². The van der Waals surface area contributed by atoms with Crippen LogP contribution in [0.1, 0.15) is 15.9 Å². The van der Waals surface area contributed by atoms with E-state index in [1.165, 1.54) is 19.8 Å². The Morgan fingerprint density at radius 1 is 1.20 bits per heavy atom. The lowest BCUT2D eigenvalue weighted by Gasteiger charge is -2.19. The number of amides is 1. The molecule has 25 heavy (non-hydrogen) atoms. The molecule has 1 fully saturated rings. The van der Waals surface area contributed by atoms with Crippen LogP contribution in [0.15, 0.2) is 36.7 Å². The summed E-state index contributed by atoms with van der Waals surface area (Å²) in [5.41, 5.74) is 1.55. The predicted molar refractivity (Wildman–Crippen MR) is 90.8 cm³/mol. The predicted octanol–water partition coefficient (Wildman–Crippen LogP) is 1.48. The molecule has 1 amide bonds. The molecule has 1 N–H and O–H groups in total. The van der Waals surface area contributed by atoms with Crippen molar-refractivity contribution < 1.29 is 19.0 Å². The molecule has 2 atom stereocenters. The molecule has 3 heterocycles. The van der Waals surface area contributed by atoms with E-state index in [9.17, 15) is 4.79 Å². The Balaban J connectivity index is 1.69. The molecule has 1 saturated heterocycles. The summed E-state index contributed by atoms with van der Waals surface area (Å²) >= 11 is 0. The Morgan fingerprint density at radius 3 is 2.72 bits per heavy atom. The maximum absolute atomic E-state index is 12.6. The molecule has 2 aromatic heterocycles. The van der Waals surface area contributed by atoms with Crippen LogP contribution in [0.25, 0.3) is 0 Å². The monoisotopic (exact) mass is 343 g/mol. The van der Waals surface area contributed by atoms with E-state index in [0.717, 1.165) is 6.42 Å². The van der Waals surface area contributed by atoms with Gasteiger partial charge in [-0.3, -0.25) is 9.78 Å². The first-order chi connectivity index (χ1) is 12.2. The summed E-state index contributed by atoms with van der Waals surface area (Å²) in [5, 5.41) is 3.04. The standard InChI is InChI=1S/C18H21N3O4/c1-23-16-4-3-14(18(21-16)24-2)17(22)20-15-11-25-10-13(15)9-12-5-7-19-8-6-12/h3-8,13,15H,9-11H2,1-2H3,(H,20,22)/t13-,15-/m1/s1. The normalized spacial score (nSPS) is 19.4. The SMILES string of the molecule is COc1ccc(C(=O)N[C@@H]2COC[C@H]2Cc2ccncc2)c(OC)n1. The summed E-state index contributed by atoms with van der Waals surface area (Å²) < 4.78 is 15.8. The average Bonchev–Trinajstić information content (AvgIpc) is 3.08. The highest BCUT2D eigenvalue weighted by Gasteiger charge is 2.30. The van der Waals surface area contributed by atoms with Gasteiger partial charge in [-0.25, -0.2) is 0 Å². The smallest absolute Gasteiger partial charge is 0.257 e. The lowest BCUT2D eigenvalue weighted by Crippen LogP contribution is -2.40. The van der Waals surface area contributed by atoms with Crippen LogP contribution in [0.3, 0.4) is 0 Å². The summed E-state index contributed by atoms with van der Waals surface area (Å²) in [7, 11) is 2.99. The van der Waals surface area contributed by atoms with Crippen molar-refractivity contribution in [3.63, 3.8) is 0 Å². The Morgan fingerprint density at radius 2 is 2.00 bits per heavy atom. The van der Waals surface area contributed by atoms with Crippen LogP contribution in [-0.2, 0) is 11.2 Å². The molecule has 1 aliphatic rings. The van der Waals surface area contributed by atoms with Crippen molar-refractivity contribution in [1.82, 2.24) is 15.3 Å². The van der Waals surface area contributed by atoms with Gasteiger partial charge in [0.05, 0.1) is 33.5 Å². The maximum Gasteiger partial charge on any atom is 0.257 e. The van der Waals surface area contributed by atoms with Gasteiger partial charge in [0, 0.05) is 24.4 Å². The second-order valence-corrected chi connectivity index (χ2v) is 5.85. The highest BCUT2D eigenvalue weighted by molar-refractivity contribution is 5.96. The third-order valence-corrected chi connectivity index (χ3v) is 4.24. The van der Waals surface area contributed by atoms with Gasteiger partial charge in [0.1, 0.15) is 5.56 Å². The minimum atomic E-state index is -0.234. The first-order valence-corrected chi connectivity index (χ1v) is 8.07. The lowest BCUT2D eigenvalue weighted by atomic mass is 9.95. The minimum absolute atomic E-state index is 0.0625. The average molecular weight is 343 g/mol. The molecule has 0 unspecified atom stereocenters. The third kappa shape index (κ3) is 4.06. The van der Waals surface area contributed by atoms with Gasteiger partial charge in [-0.2, -0.15) is 4.98 Å². The summed E-state index contributed by atoms with van der Waals surface area (Å²) in [6, 6.07) is 7.18. The molecule has 7 nitrogen and oxygen atoms in total. The number of hydrogen-bond acceptors (Lipinski definition) is 6. The fraction of sp³-hybridized carbons (Fsp3) is 0.389. The molecule has 0 spiro atoms. The third-order valence-electron chi connectivity index (χ3n) is 4.24. The summed E-state index contributed by atoms with van der Waals surface area (Å²) in [6.07, 6.45) is 4.37. The quantitative estimate of drug-likeness (QED) is 0.855. The molecule has 0 aromatic carbocycles. The van der Waals surface area contributed by atoms with Crippen LogP contribution in [-0.4, -0.2) is 49.4 Å². The topological polar surface area (TPSA) is 82.6 Å². The molecular weight excluding hydrogens is 322 g/mol. The van der Waals surface area contributed by atoms with E-state index < -0.39 is 0 Å². The molecule has 0 saturated carbocycles. The zero-order valence-electron chi connectivity index (χ0n) is 14.3. The maximum atomic E-state index is 12.6. The zero-order valence-corrected chi connectivity index (χ0v) is 14.3. The van der Waals surface area contributed by atoms with Crippen molar-refractivity contribution in [1.29, 1.82) is 0 Å². The first-order valence-electron chi connectivity index (χ1n) is 8.07. The lowest BCUT2D eigenvalue weighted by molar-refractivity contribution is 0.0921. The van der Waals surface area contributed by atoms with E-state index in [4.69, 9.17) is 14.2 Å². The van der Waals surface area contributed by atoms with Gasteiger partial charge < -0.3 is 19.5 Å². The van der Waals surface area contributed by atoms with Crippen molar-refractivity contribution in [3.05, 3.63) is 47.8 Å². The second-order valence-electron chi connectivity index (χ2n) is 5.85.